The Morgan fingerprint density at radius 3 is 2.53 bits per heavy atom. The molecule has 1 heterocycles. The molecule has 0 saturated carbocycles. The van der Waals surface area contributed by atoms with Crippen LogP contribution in [0.15, 0.2) is 11.8 Å². The molecule has 4 amide bonds. The standard InChI is InChI=1S/C18H28N4O10/c1-4-11(2)31-18(29)20-7-12(23)19-8-15(26)21(9-16(27)30-3)10-17(28)32-22-13(24)5-6-14(22)25/h4,13,17,24,28H,5-10H2,1-3H3,(H,19,23)(H,20,29)/b11-4+. The number of carbonyl (C=O) groups excluding carboxylic acids is 5. The van der Waals surface area contributed by atoms with Gasteiger partial charge in [-0.2, -0.15) is 5.06 Å². The zero-order valence-electron chi connectivity index (χ0n) is 18.0. The van der Waals surface area contributed by atoms with Crippen LogP contribution < -0.4 is 10.6 Å². The van der Waals surface area contributed by atoms with Crippen LogP contribution in [0.2, 0.25) is 0 Å². The highest BCUT2D eigenvalue weighted by molar-refractivity contribution is 5.88. The molecule has 2 unspecified atom stereocenters. The van der Waals surface area contributed by atoms with Gasteiger partial charge < -0.3 is 35.2 Å². The Balaban J connectivity index is 2.57. The Morgan fingerprint density at radius 1 is 1.28 bits per heavy atom. The van der Waals surface area contributed by atoms with Gasteiger partial charge in [0.2, 0.25) is 17.7 Å². The van der Waals surface area contributed by atoms with Gasteiger partial charge in [-0.25, -0.2) is 9.63 Å². The molecule has 0 bridgehead atoms. The van der Waals surface area contributed by atoms with Crippen LogP contribution >= 0.6 is 0 Å². The highest BCUT2D eigenvalue weighted by atomic mass is 16.8. The molecule has 1 fully saturated rings. The molecule has 0 aromatic carbocycles. The maximum absolute atomic E-state index is 12.4. The van der Waals surface area contributed by atoms with Crippen LogP contribution in [0, 0.1) is 0 Å². The van der Waals surface area contributed by atoms with Crippen LogP contribution in [0.3, 0.4) is 0 Å². The van der Waals surface area contributed by atoms with Crippen molar-refractivity contribution in [1.29, 1.82) is 0 Å². The van der Waals surface area contributed by atoms with Crippen molar-refractivity contribution in [2.75, 3.05) is 33.3 Å². The second kappa shape index (κ2) is 13.2. The van der Waals surface area contributed by atoms with Gasteiger partial charge in [-0.3, -0.25) is 19.2 Å². The molecule has 1 aliphatic heterocycles. The van der Waals surface area contributed by atoms with E-state index < -0.39 is 68.5 Å². The van der Waals surface area contributed by atoms with Crippen LogP contribution in [0.5, 0.6) is 0 Å². The second-order valence-electron chi connectivity index (χ2n) is 6.57. The van der Waals surface area contributed by atoms with E-state index in [4.69, 9.17) is 9.57 Å². The lowest BCUT2D eigenvalue weighted by Crippen LogP contribution is -2.49. The molecular formula is C18H28N4O10. The summed E-state index contributed by atoms with van der Waals surface area (Å²) in [6, 6.07) is 0. The number of aliphatic hydroxyl groups excluding tert-OH is 2. The minimum Gasteiger partial charge on any atom is -0.468 e. The first kappa shape index (κ1) is 26.8. The highest BCUT2D eigenvalue weighted by Crippen LogP contribution is 2.17. The monoisotopic (exact) mass is 460 g/mol. The predicted octanol–water partition coefficient (Wildman–Crippen LogP) is -2.06. The van der Waals surface area contributed by atoms with Crippen LogP contribution in [-0.4, -0.2) is 95.8 Å². The number of esters is 1. The summed E-state index contributed by atoms with van der Waals surface area (Å²) >= 11 is 0. The number of rotatable bonds is 11. The summed E-state index contributed by atoms with van der Waals surface area (Å²) in [4.78, 5) is 64.7. The zero-order chi connectivity index (χ0) is 24.3. The molecular weight excluding hydrogens is 432 g/mol. The fraction of sp³-hybridized carbons (Fsp3) is 0.611. The number of allylic oxidation sites excluding steroid dienone is 2. The number of nitrogens with one attached hydrogen (secondary N) is 2. The van der Waals surface area contributed by atoms with Crippen LogP contribution in [0.1, 0.15) is 26.7 Å². The quantitative estimate of drug-likeness (QED) is 0.152. The van der Waals surface area contributed by atoms with Gasteiger partial charge in [0.05, 0.1) is 20.2 Å². The zero-order valence-corrected chi connectivity index (χ0v) is 18.0. The van der Waals surface area contributed by atoms with Gasteiger partial charge in [-0.05, 0) is 19.9 Å². The highest BCUT2D eigenvalue weighted by Gasteiger charge is 2.33. The Morgan fingerprint density at radius 2 is 1.97 bits per heavy atom. The van der Waals surface area contributed by atoms with Gasteiger partial charge in [0.1, 0.15) is 18.8 Å². The molecule has 0 aliphatic carbocycles. The van der Waals surface area contributed by atoms with Crippen molar-refractivity contribution in [3.8, 4) is 0 Å². The number of hydroxylamine groups is 2. The molecule has 0 aromatic rings. The van der Waals surface area contributed by atoms with Crippen LogP contribution in [0.4, 0.5) is 4.79 Å². The SMILES string of the molecule is C/C=C(\C)OC(=O)NCC(=O)NCC(=O)N(CC(=O)OC)CC(O)ON1C(=O)CCC1O. The Labute approximate surface area is 184 Å². The van der Waals surface area contributed by atoms with Crippen molar-refractivity contribution in [2.45, 2.75) is 39.2 Å². The van der Waals surface area contributed by atoms with E-state index in [0.29, 0.717) is 10.8 Å². The van der Waals surface area contributed by atoms with Crippen molar-refractivity contribution in [3.05, 3.63) is 11.8 Å². The molecule has 1 aliphatic rings. The Kier molecular flexibility index (Phi) is 11.1. The number of hydrogen-bond donors (Lipinski definition) is 4. The van der Waals surface area contributed by atoms with E-state index in [-0.39, 0.29) is 12.8 Å². The van der Waals surface area contributed by atoms with E-state index in [2.05, 4.69) is 15.4 Å². The molecule has 0 aromatic heterocycles. The molecule has 14 heteroatoms. The number of amides is 4. The van der Waals surface area contributed by atoms with E-state index in [1.807, 2.05) is 0 Å². The average Bonchev–Trinajstić information content (AvgIpc) is 3.07. The maximum atomic E-state index is 12.4. The van der Waals surface area contributed by atoms with Gasteiger partial charge in [0.15, 0.2) is 12.5 Å². The summed E-state index contributed by atoms with van der Waals surface area (Å²) < 4.78 is 9.30. The van der Waals surface area contributed by atoms with Gasteiger partial charge in [0.25, 0.3) is 0 Å². The molecule has 0 spiro atoms. The van der Waals surface area contributed by atoms with E-state index >= 15 is 0 Å². The molecule has 14 nitrogen and oxygen atoms in total. The average molecular weight is 460 g/mol. The number of aliphatic hydroxyl groups is 2. The van der Waals surface area contributed by atoms with Crippen molar-refractivity contribution in [2.24, 2.45) is 0 Å². The first-order valence-electron chi connectivity index (χ1n) is 9.62. The predicted molar refractivity (Wildman–Crippen MR) is 105 cm³/mol. The van der Waals surface area contributed by atoms with Gasteiger partial charge in [-0.15, -0.1) is 0 Å². The molecule has 32 heavy (non-hydrogen) atoms. The fourth-order valence-electron chi connectivity index (χ4n) is 2.35. The topological polar surface area (TPSA) is 184 Å². The van der Waals surface area contributed by atoms with Crippen molar-refractivity contribution >= 4 is 29.8 Å². The molecule has 2 atom stereocenters. The van der Waals surface area contributed by atoms with Crippen LogP contribution in [0.25, 0.3) is 0 Å². The first-order chi connectivity index (χ1) is 15.1. The summed E-state index contributed by atoms with van der Waals surface area (Å²) in [6.45, 7) is 1.03. The number of methoxy groups -OCH3 is 1. The molecule has 180 valence electrons. The van der Waals surface area contributed by atoms with E-state index in [0.717, 1.165) is 12.0 Å². The van der Waals surface area contributed by atoms with E-state index in [9.17, 15) is 34.2 Å². The summed E-state index contributed by atoms with van der Waals surface area (Å²) in [5.74, 6) is -2.52. The lowest BCUT2D eigenvalue weighted by molar-refractivity contribution is -0.288. The minimum absolute atomic E-state index is 0.0284. The number of ether oxygens (including phenoxy) is 2. The normalized spacial score (nSPS) is 16.9. The summed E-state index contributed by atoms with van der Waals surface area (Å²) in [5, 5.41) is 24.7. The van der Waals surface area contributed by atoms with Crippen molar-refractivity contribution in [3.63, 3.8) is 0 Å². The fourth-order valence-corrected chi connectivity index (χ4v) is 2.35. The molecule has 4 N–H and O–H groups in total. The second-order valence-corrected chi connectivity index (χ2v) is 6.57. The van der Waals surface area contributed by atoms with E-state index in [1.165, 1.54) is 0 Å². The number of hydrogen-bond acceptors (Lipinski definition) is 10. The third kappa shape index (κ3) is 9.28. The molecule has 0 radical (unpaired) electrons. The molecule has 1 rings (SSSR count). The lowest BCUT2D eigenvalue weighted by Gasteiger charge is -2.27. The van der Waals surface area contributed by atoms with E-state index in [1.54, 1.807) is 19.9 Å². The summed E-state index contributed by atoms with van der Waals surface area (Å²) in [6.07, 6.45) is -2.14. The largest absolute Gasteiger partial charge is 0.468 e. The third-order valence-corrected chi connectivity index (χ3v) is 4.14. The minimum atomic E-state index is -1.75. The number of carbonyl (C=O) groups is 5. The van der Waals surface area contributed by atoms with Crippen molar-refractivity contribution < 1.29 is 48.5 Å². The number of nitrogens with zero attached hydrogens (tertiary/aromatic N) is 2. The first-order valence-corrected chi connectivity index (χ1v) is 9.62. The maximum Gasteiger partial charge on any atom is 0.412 e. The lowest BCUT2D eigenvalue weighted by atomic mass is 10.4. The third-order valence-electron chi connectivity index (χ3n) is 4.14. The Bertz CT molecular complexity index is 741. The number of alkyl carbamates (subject to hydrolysis) is 1. The molecule has 1 saturated heterocycles. The summed E-state index contributed by atoms with van der Waals surface area (Å²) in [5.41, 5.74) is 0. The van der Waals surface area contributed by atoms with Gasteiger partial charge in [-0.1, -0.05) is 0 Å². The van der Waals surface area contributed by atoms with Crippen LogP contribution in [-0.2, 0) is 33.5 Å². The Hall–Kier alpha value is -3.23. The van der Waals surface area contributed by atoms with Crippen molar-refractivity contribution in [1.82, 2.24) is 20.6 Å². The summed E-state index contributed by atoms with van der Waals surface area (Å²) in [7, 11) is 1.10. The smallest absolute Gasteiger partial charge is 0.412 e. The van der Waals surface area contributed by atoms with Gasteiger partial charge >= 0.3 is 12.1 Å². The van der Waals surface area contributed by atoms with Gasteiger partial charge in [0, 0.05) is 12.8 Å².